The number of aryl methyl sites for hydroxylation is 1. The van der Waals surface area contributed by atoms with Crippen molar-refractivity contribution in [3.8, 4) is 0 Å². The summed E-state index contributed by atoms with van der Waals surface area (Å²) in [4.78, 5) is 0.133. The number of benzene rings is 1. The van der Waals surface area contributed by atoms with Gasteiger partial charge in [0.25, 0.3) is 0 Å². The van der Waals surface area contributed by atoms with Crippen LogP contribution in [0, 0.1) is 19.7 Å². The minimum Gasteiger partial charge on any atom is -0.468 e. The maximum absolute atomic E-state index is 14.1. The molecule has 0 atom stereocenters. The molecule has 1 aromatic carbocycles. The van der Waals surface area contributed by atoms with Gasteiger partial charge in [-0.15, -0.1) is 0 Å². The van der Waals surface area contributed by atoms with Crippen molar-refractivity contribution in [2.75, 3.05) is 7.05 Å². The highest BCUT2D eigenvalue weighted by Gasteiger charge is 2.29. The van der Waals surface area contributed by atoms with Crippen LogP contribution in [0.15, 0.2) is 50.4 Å². The third kappa shape index (κ3) is 3.99. The Kier molecular flexibility index (Phi) is 5.55. The Hall–Kier alpha value is -1.97. The normalized spacial score (nSPS) is 12.1. The van der Waals surface area contributed by atoms with Crippen molar-refractivity contribution in [1.29, 1.82) is 0 Å². The summed E-state index contributed by atoms with van der Waals surface area (Å²) in [6.07, 6.45) is 1.50. The summed E-state index contributed by atoms with van der Waals surface area (Å²) >= 11 is 3.22. The number of rotatable bonds is 6. The maximum atomic E-state index is 14.1. The summed E-state index contributed by atoms with van der Waals surface area (Å²) in [6, 6.07) is 8.17. The molecule has 0 aliphatic heterocycles. The van der Waals surface area contributed by atoms with Crippen LogP contribution < -0.4 is 0 Å². The van der Waals surface area contributed by atoms with Gasteiger partial charge in [0.1, 0.15) is 16.5 Å². The SMILES string of the molecule is Cc1nn(Cc2ccc(Br)cc2F)c(C)c1S(=O)(=O)N(C)Cc1ccco1. The van der Waals surface area contributed by atoms with Crippen LogP contribution in [0.2, 0.25) is 0 Å². The van der Waals surface area contributed by atoms with Crippen LogP contribution in [0.5, 0.6) is 0 Å². The number of aromatic nitrogens is 2. The summed E-state index contributed by atoms with van der Waals surface area (Å²) in [6.45, 7) is 3.56. The second-order valence-corrected chi connectivity index (χ2v) is 9.13. The molecular formula is C18H19BrFN3O3S. The number of sulfonamides is 1. The van der Waals surface area contributed by atoms with Crippen LogP contribution in [0.25, 0.3) is 0 Å². The van der Waals surface area contributed by atoms with Crippen molar-refractivity contribution in [3.05, 3.63) is 69.6 Å². The molecule has 0 saturated heterocycles. The minimum atomic E-state index is -3.78. The van der Waals surface area contributed by atoms with Crippen molar-refractivity contribution in [2.24, 2.45) is 0 Å². The second kappa shape index (κ2) is 7.57. The molecule has 0 N–H and O–H groups in total. The van der Waals surface area contributed by atoms with E-state index in [1.54, 1.807) is 38.1 Å². The van der Waals surface area contributed by atoms with Crippen LogP contribution in [-0.4, -0.2) is 29.6 Å². The molecule has 27 heavy (non-hydrogen) atoms. The Morgan fingerprint density at radius 1 is 1.30 bits per heavy atom. The third-order valence-electron chi connectivity index (χ3n) is 4.28. The van der Waals surface area contributed by atoms with E-state index in [4.69, 9.17) is 4.42 Å². The Balaban J connectivity index is 1.92. The Morgan fingerprint density at radius 2 is 2.04 bits per heavy atom. The van der Waals surface area contributed by atoms with E-state index < -0.39 is 10.0 Å². The number of hydrogen-bond acceptors (Lipinski definition) is 4. The average Bonchev–Trinajstić information content (AvgIpc) is 3.18. The van der Waals surface area contributed by atoms with Gasteiger partial charge in [-0.05, 0) is 38.1 Å². The van der Waals surface area contributed by atoms with E-state index in [1.165, 1.54) is 28.4 Å². The Labute approximate surface area is 165 Å². The fraction of sp³-hybridized carbons (Fsp3) is 0.278. The topological polar surface area (TPSA) is 68.3 Å². The zero-order valence-corrected chi connectivity index (χ0v) is 17.5. The van der Waals surface area contributed by atoms with Gasteiger partial charge >= 0.3 is 0 Å². The van der Waals surface area contributed by atoms with E-state index in [2.05, 4.69) is 21.0 Å². The summed E-state index contributed by atoms with van der Waals surface area (Å²) in [5, 5.41) is 4.32. The van der Waals surface area contributed by atoms with Crippen LogP contribution in [0.4, 0.5) is 4.39 Å². The minimum absolute atomic E-state index is 0.112. The molecule has 0 unspecified atom stereocenters. The van der Waals surface area contributed by atoms with E-state index in [1.807, 2.05) is 0 Å². The highest BCUT2D eigenvalue weighted by molar-refractivity contribution is 9.10. The molecule has 0 bridgehead atoms. The lowest BCUT2D eigenvalue weighted by Gasteiger charge is -2.16. The standard InChI is InChI=1S/C18H19BrFN3O3S/c1-12-18(27(24,25)22(3)11-16-5-4-8-26-16)13(2)23(21-12)10-14-6-7-15(19)9-17(14)20/h4-9H,10-11H2,1-3H3. The number of nitrogens with zero attached hydrogens (tertiary/aromatic N) is 3. The monoisotopic (exact) mass is 455 g/mol. The quantitative estimate of drug-likeness (QED) is 0.565. The Morgan fingerprint density at radius 3 is 2.67 bits per heavy atom. The summed E-state index contributed by atoms with van der Waals surface area (Å²) in [5.41, 5.74) is 1.26. The van der Waals surface area contributed by atoms with E-state index in [-0.39, 0.29) is 23.8 Å². The molecule has 6 nitrogen and oxygen atoms in total. The molecule has 3 aromatic rings. The average molecular weight is 456 g/mol. The van der Waals surface area contributed by atoms with Crippen molar-refractivity contribution in [3.63, 3.8) is 0 Å². The predicted octanol–water partition coefficient (Wildman–Crippen LogP) is 3.86. The lowest BCUT2D eigenvalue weighted by Crippen LogP contribution is -2.27. The van der Waals surface area contributed by atoms with Gasteiger partial charge < -0.3 is 4.42 Å². The molecule has 0 radical (unpaired) electrons. The van der Waals surface area contributed by atoms with Crippen molar-refractivity contribution in [1.82, 2.24) is 14.1 Å². The largest absolute Gasteiger partial charge is 0.468 e. The molecule has 2 aromatic heterocycles. The van der Waals surface area contributed by atoms with Gasteiger partial charge in [-0.25, -0.2) is 12.8 Å². The van der Waals surface area contributed by atoms with E-state index in [0.717, 1.165) is 0 Å². The fourth-order valence-electron chi connectivity index (χ4n) is 2.88. The molecule has 0 aliphatic rings. The molecule has 2 heterocycles. The summed E-state index contributed by atoms with van der Waals surface area (Å²) < 4.78 is 48.8. The first-order valence-corrected chi connectivity index (χ1v) is 10.4. The highest BCUT2D eigenvalue weighted by Crippen LogP contribution is 2.25. The third-order valence-corrected chi connectivity index (χ3v) is 6.83. The highest BCUT2D eigenvalue weighted by atomic mass is 79.9. The lowest BCUT2D eigenvalue weighted by molar-refractivity contribution is 0.406. The van der Waals surface area contributed by atoms with E-state index in [0.29, 0.717) is 27.2 Å². The maximum Gasteiger partial charge on any atom is 0.246 e. The lowest BCUT2D eigenvalue weighted by atomic mass is 10.2. The van der Waals surface area contributed by atoms with Gasteiger partial charge in [0.15, 0.2) is 0 Å². The molecule has 0 saturated carbocycles. The number of furan rings is 1. The van der Waals surface area contributed by atoms with Crippen LogP contribution in [0.1, 0.15) is 22.7 Å². The predicted molar refractivity (Wildman–Crippen MR) is 102 cm³/mol. The molecular weight excluding hydrogens is 437 g/mol. The molecule has 0 aliphatic carbocycles. The number of hydrogen-bond donors (Lipinski definition) is 0. The van der Waals surface area contributed by atoms with Crippen LogP contribution >= 0.6 is 15.9 Å². The molecule has 144 valence electrons. The smallest absolute Gasteiger partial charge is 0.246 e. The van der Waals surface area contributed by atoms with Crippen molar-refractivity contribution in [2.45, 2.75) is 31.8 Å². The number of halogens is 2. The second-order valence-electron chi connectivity index (χ2n) is 6.23. The van der Waals surface area contributed by atoms with Gasteiger partial charge in [-0.3, -0.25) is 4.68 Å². The molecule has 0 spiro atoms. The first kappa shape index (κ1) is 19.8. The van der Waals surface area contributed by atoms with Gasteiger partial charge in [0.2, 0.25) is 10.0 Å². The first-order valence-electron chi connectivity index (χ1n) is 8.17. The zero-order chi connectivity index (χ0) is 19.8. The van der Waals surface area contributed by atoms with Crippen LogP contribution in [-0.2, 0) is 23.1 Å². The van der Waals surface area contributed by atoms with Gasteiger partial charge in [-0.2, -0.15) is 9.40 Å². The van der Waals surface area contributed by atoms with E-state index in [9.17, 15) is 12.8 Å². The van der Waals surface area contributed by atoms with Gasteiger partial charge in [-0.1, -0.05) is 22.0 Å². The van der Waals surface area contributed by atoms with E-state index >= 15 is 0 Å². The van der Waals surface area contributed by atoms with Crippen molar-refractivity contribution >= 4 is 26.0 Å². The summed E-state index contributed by atoms with van der Waals surface area (Å²) in [7, 11) is -2.29. The summed E-state index contributed by atoms with van der Waals surface area (Å²) in [5.74, 6) is 0.164. The fourth-order valence-corrected chi connectivity index (χ4v) is 4.72. The molecule has 0 amide bonds. The first-order chi connectivity index (χ1) is 12.7. The van der Waals surface area contributed by atoms with Crippen molar-refractivity contribution < 1.29 is 17.2 Å². The molecule has 9 heteroatoms. The van der Waals surface area contributed by atoms with Gasteiger partial charge in [0, 0.05) is 17.1 Å². The van der Waals surface area contributed by atoms with Gasteiger partial charge in [0.05, 0.1) is 30.7 Å². The molecule has 3 rings (SSSR count). The Bertz CT molecular complexity index is 1060. The van der Waals surface area contributed by atoms with Crippen LogP contribution in [0.3, 0.4) is 0 Å². The zero-order valence-electron chi connectivity index (χ0n) is 15.1. The molecule has 0 fully saturated rings.